The van der Waals surface area contributed by atoms with Gasteiger partial charge in [0, 0.05) is 56.9 Å². The predicted octanol–water partition coefficient (Wildman–Crippen LogP) is 3.02. The van der Waals surface area contributed by atoms with Crippen LogP contribution in [0.4, 0.5) is 5.69 Å². The Morgan fingerprint density at radius 3 is 2.18 bits per heavy atom. The van der Waals surface area contributed by atoms with E-state index in [1.54, 1.807) is 4.90 Å². The molecule has 0 unspecified atom stereocenters. The maximum absolute atomic E-state index is 12.7. The van der Waals surface area contributed by atoms with E-state index in [9.17, 15) is 9.59 Å². The van der Waals surface area contributed by atoms with Crippen LogP contribution in [-0.2, 0) is 11.3 Å². The molecule has 1 aliphatic heterocycles. The molecule has 2 aromatic rings. The van der Waals surface area contributed by atoms with Crippen molar-refractivity contribution in [2.75, 3.05) is 38.1 Å². The van der Waals surface area contributed by atoms with E-state index < -0.39 is 0 Å². The Bertz CT molecular complexity index is 823. The quantitative estimate of drug-likeness (QED) is 0.805. The third kappa shape index (κ3) is 4.19. The molecule has 0 bridgehead atoms. The molecule has 2 amide bonds. The molecule has 0 aromatic heterocycles. The van der Waals surface area contributed by atoms with Crippen LogP contribution >= 0.6 is 0 Å². The molecule has 0 atom stereocenters. The first-order valence-corrected chi connectivity index (χ1v) is 10.0. The smallest absolute Gasteiger partial charge is 0.253 e. The van der Waals surface area contributed by atoms with Gasteiger partial charge in [-0.05, 0) is 42.7 Å². The summed E-state index contributed by atoms with van der Waals surface area (Å²) in [6.45, 7) is 3.86. The number of hydrogen-bond donors (Lipinski definition) is 0. The van der Waals surface area contributed by atoms with Gasteiger partial charge in [0.1, 0.15) is 0 Å². The molecule has 28 heavy (non-hydrogen) atoms. The lowest BCUT2D eigenvalue weighted by atomic mass is 10.1. The summed E-state index contributed by atoms with van der Waals surface area (Å²) in [6.07, 6.45) is 2.13. The van der Waals surface area contributed by atoms with Gasteiger partial charge in [-0.3, -0.25) is 9.59 Å². The van der Waals surface area contributed by atoms with E-state index in [1.807, 2.05) is 66.5 Å². The second-order valence-corrected chi connectivity index (χ2v) is 7.78. The summed E-state index contributed by atoms with van der Waals surface area (Å²) in [5.74, 6) is 0.655. The fourth-order valence-electron chi connectivity index (χ4n) is 3.74. The van der Waals surface area contributed by atoms with Gasteiger partial charge in [-0.15, -0.1) is 0 Å². The lowest BCUT2D eigenvalue weighted by Crippen LogP contribution is -2.49. The summed E-state index contributed by atoms with van der Waals surface area (Å²) in [6, 6.07) is 17.8. The molecule has 1 saturated carbocycles. The van der Waals surface area contributed by atoms with Crippen molar-refractivity contribution in [3.8, 4) is 0 Å². The monoisotopic (exact) mass is 377 g/mol. The van der Waals surface area contributed by atoms with Gasteiger partial charge in [0.2, 0.25) is 5.91 Å². The van der Waals surface area contributed by atoms with Gasteiger partial charge >= 0.3 is 0 Å². The number of benzene rings is 2. The maximum Gasteiger partial charge on any atom is 0.253 e. The van der Waals surface area contributed by atoms with Gasteiger partial charge in [0.25, 0.3) is 5.91 Å². The molecule has 4 rings (SSSR count). The van der Waals surface area contributed by atoms with Gasteiger partial charge in [-0.1, -0.05) is 30.3 Å². The molecule has 0 radical (unpaired) electrons. The number of amides is 2. The van der Waals surface area contributed by atoms with E-state index in [0.717, 1.165) is 50.3 Å². The Morgan fingerprint density at radius 2 is 1.57 bits per heavy atom. The van der Waals surface area contributed by atoms with Crippen LogP contribution in [0.15, 0.2) is 54.6 Å². The maximum atomic E-state index is 12.7. The number of rotatable bonds is 5. The van der Waals surface area contributed by atoms with Crippen molar-refractivity contribution in [3.63, 3.8) is 0 Å². The van der Waals surface area contributed by atoms with Crippen molar-refractivity contribution in [2.24, 2.45) is 5.92 Å². The molecule has 0 spiro atoms. The van der Waals surface area contributed by atoms with Gasteiger partial charge in [0.05, 0.1) is 0 Å². The van der Waals surface area contributed by atoms with Gasteiger partial charge in [-0.2, -0.15) is 0 Å². The Balaban J connectivity index is 1.33. The van der Waals surface area contributed by atoms with Crippen molar-refractivity contribution in [3.05, 3.63) is 65.7 Å². The Morgan fingerprint density at radius 1 is 0.929 bits per heavy atom. The summed E-state index contributed by atoms with van der Waals surface area (Å²) in [5.41, 5.74) is 2.93. The molecular weight excluding hydrogens is 350 g/mol. The summed E-state index contributed by atoms with van der Waals surface area (Å²) in [4.78, 5) is 30.9. The highest BCUT2D eigenvalue weighted by Crippen LogP contribution is 2.31. The SMILES string of the molecule is CN(Cc1ccccc1)C(=O)c1ccc(N2CCN(C(=O)C3CC3)CC2)cc1. The van der Waals surface area contributed by atoms with Gasteiger partial charge in [0.15, 0.2) is 0 Å². The fraction of sp³-hybridized carbons (Fsp3) is 0.391. The first kappa shape index (κ1) is 18.5. The average Bonchev–Trinajstić information content (AvgIpc) is 3.59. The molecule has 5 heteroatoms. The zero-order valence-electron chi connectivity index (χ0n) is 16.4. The molecule has 1 aliphatic carbocycles. The molecule has 1 heterocycles. The summed E-state index contributed by atoms with van der Waals surface area (Å²) in [5, 5.41) is 0. The standard InChI is InChI=1S/C23H27N3O2/c1-24(17-18-5-3-2-4-6-18)22(27)19-9-11-21(12-10-19)25-13-15-26(16-14-25)23(28)20-7-8-20/h2-6,9-12,20H,7-8,13-17H2,1H3. The van der Waals surface area contributed by atoms with E-state index in [0.29, 0.717) is 23.9 Å². The van der Waals surface area contributed by atoms with Crippen LogP contribution in [0.5, 0.6) is 0 Å². The van der Waals surface area contributed by atoms with E-state index >= 15 is 0 Å². The van der Waals surface area contributed by atoms with Crippen molar-refractivity contribution in [1.82, 2.24) is 9.80 Å². The molecule has 2 aliphatic rings. The number of piperazine rings is 1. The van der Waals surface area contributed by atoms with Crippen LogP contribution in [0.2, 0.25) is 0 Å². The lowest BCUT2D eigenvalue weighted by molar-refractivity contribution is -0.132. The number of carbonyl (C=O) groups is 2. The molecule has 2 fully saturated rings. The Hall–Kier alpha value is -2.82. The van der Waals surface area contributed by atoms with Crippen LogP contribution in [0.3, 0.4) is 0 Å². The van der Waals surface area contributed by atoms with E-state index in [4.69, 9.17) is 0 Å². The average molecular weight is 377 g/mol. The zero-order valence-corrected chi connectivity index (χ0v) is 16.4. The summed E-state index contributed by atoms with van der Waals surface area (Å²) < 4.78 is 0. The zero-order chi connectivity index (χ0) is 19.5. The minimum atomic E-state index is 0.0234. The van der Waals surface area contributed by atoms with Crippen LogP contribution in [0, 0.1) is 5.92 Å². The molecule has 2 aromatic carbocycles. The summed E-state index contributed by atoms with van der Waals surface area (Å²) in [7, 11) is 1.83. The number of nitrogens with zero attached hydrogens (tertiary/aromatic N) is 3. The molecule has 1 saturated heterocycles. The van der Waals surface area contributed by atoms with Crippen molar-refractivity contribution < 1.29 is 9.59 Å². The second-order valence-electron chi connectivity index (χ2n) is 7.78. The normalized spacial score (nSPS) is 16.8. The van der Waals surface area contributed by atoms with Crippen LogP contribution in [0.25, 0.3) is 0 Å². The third-order valence-corrected chi connectivity index (χ3v) is 5.61. The van der Waals surface area contributed by atoms with E-state index in [2.05, 4.69) is 4.90 Å². The Labute approximate surface area is 166 Å². The van der Waals surface area contributed by atoms with Crippen molar-refractivity contribution in [2.45, 2.75) is 19.4 Å². The molecule has 0 N–H and O–H groups in total. The minimum absolute atomic E-state index is 0.0234. The van der Waals surface area contributed by atoms with Crippen molar-refractivity contribution in [1.29, 1.82) is 0 Å². The number of carbonyl (C=O) groups excluding carboxylic acids is 2. The predicted molar refractivity (Wildman–Crippen MR) is 110 cm³/mol. The van der Waals surface area contributed by atoms with Gasteiger partial charge in [-0.25, -0.2) is 0 Å². The van der Waals surface area contributed by atoms with Crippen LogP contribution in [-0.4, -0.2) is 54.8 Å². The highest BCUT2D eigenvalue weighted by molar-refractivity contribution is 5.94. The first-order valence-electron chi connectivity index (χ1n) is 10.0. The van der Waals surface area contributed by atoms with Gasteiger partial charge < -0.3 is 14.7 Å². The molecule has 146 valence electrons. The third-order valence-electron chi connectivity index (χ3n) is 5.61. The number of anilines is 1. The molecular formula is C23H27N3O2. The van der Waals surface area contributed by atoms with E-state index in [-0.39, 0.29) is 5.91 Å². The van der Waals surface area contributed by atoms with Crippen LogP contribution in [0.1, 0.15) is 28.8 Å². The van der Waals surface area contributed by atoms with E-state index in [1.165, 1.54) is 0 Å². The first-order chi connectivity index (χ1) is 13.6. The molecule has 5 nitrogen and oxygen atoms in total. The minimum Gasteiger partial charge on any atom is -0.368 e. The topological polar surface area (TPSA) is 43.9 Å². The highest BCUT2D eigenvalue weighted by Gasteiger charge is 2.34. The Kier molecular flexibility index (Phi) is 5.33. The largest absolute Gasteiger partial charge is 0.368 e. The second kappa shape index (κ2) is 8.05. The lowest BCUT2D eigenvalue weighted by Gasteiger charge is -2.36. The highest BCUT2D eigenvalue weighted by atomic mass is 16.2. The number of hydrogen-bond acceptors (Lipinski definition) is 3. The fourth-order valence-corrected chi connectivity index (χ4v) is 3.74. The van der Waals surface area contributed by atoms with Crippen LogP contribution < -0.4 is 4.90 Å². The summed E-state index contributed by atoms with van der Waals surface area (Å²) >= 11 is 0. The van der Waals surface area contributed by atoms with Crippen molar-refractivity contribution >= 4 is 17.5 Å².